The molecule has 1 aliphatic rings. The van der Waals surface area contributed by atoms with E-state index < -0.39 is 0 Å². The van der Waals surface area contributed by atoms with Gasteiger partial charge < -0.3 is 14.7 Å². The van der Waals surface area contributed by atoms with Gasteiger partial charge in [-0.15, -0.1) is 34.0 Å². The normalized spacial score (nSPS) is 12.0. The fourth-order valence-corrected chi connectivity index (χ4v) is 19.5. The maximum Gasteiger partial charge on any atom is 0.0465 e. The third-order valence-corrected chi connectivity index (χ3v) is 25.7. The largest absolute Gasteiger partial charge is 0.311 e. The molecule has 536 valence electrons. The van der Waals surface area contributed by atoms with E-state index in [1.165, 1.54) is 167 Å². The summed E-state index contributed by atoms with van der Waals surface area (Å²) < 4.78 is 8.09. The van der Waals surface area contributed by atoms with Gasteiger partial charge in [-0.3, -0.25) is 0 Å². The summed E-state index contributed by atoms with van der Waals surface area (Å²) in [6, 6.07) is 131. The van der Waals surface area contributed by atoms with Crippen LogP contribution in [-0.4, -0.2) is 0 Å². The number of fused-ring (bicyclic) bond motifs is 12. The van der Waals surface area contributed by atoms with Crippen molar-refractivity contribution in [3.8, 4) is 44.5 Å². The fourth-order valence-electron chi connectivity index (χ4n) is 16.0. The number of thiophene rings is 3. The van der Waals surface area contributed by atoms with Crippen LogP contribution in [-0.2, 0) is 5.41 Å². The molecule has 0 aliphatic heterocycles. The highest BCUT2D eigenvalue weighted by Gasteiger charge is 2.37. The average molecular weight is 1480 g/mol. The molecule has 0 amide bonds. The molecule has 0 unspecified atom stereocenters. The Labute approximate surface area is 663 Å². The molecular formula is C105H83N3S3. The number of aryl methyl sites for hydroxylation is 6. The first-order valence-corrected chi connectivity index (χ1v) is 40.7. The van der Waals surface area contributed by atoms with Crippen molar-refractivity contribution in [2.24, 2.45) is 0 Å². The first-order chi connectivity index (χ1) is 54.2. The molecule has 20 rings (SSSR count). The van der Waals surface area contributed by atoms with Crippen molar-refractivity contribution >= 4 is 146 Å². The van der Waals surface area contributed by atoms with E-state index >= 15 is 0 Å². The molecule has 3 heterocycles. The lowest BCUT2D eigenvalue weighted by Gasteiger charge is -2.28. The van der Waals surface area contributed by atoms with Crippen LogP contribution in [0.2, 0.25) is 0 Å². The highest BCUT2D eigenvalue weighted by Crippen LogP contribution is 2.53. The van der Waals surface area contributed by atoms with E-state index in [1.54, 1.807) is 0 Å². The average Bonchev–Trinajstić information content (AvgIpc) is 1.57. The van der Waals surface area contributed by atoms with Crippen LogP contribution in [0.15, 0.2) is 358 Å². The highest BCUT2D eigenvalue weighted by molar-refractivity contribution is 7.27. The smallest absolute Gasteiger partial charge is 0.0465 e. The molecule has 3 aromatic heterocycles. The van der Waals surface area contributed by atoms with Crippen molar-refractivity contribution in [2.75, 3.05) is 14.7 Å². The number of hydrogen-bond donors (Lipinski definition) is 0. The molecule has 0 saturated heterocycles. The topological polar surface area (TPSA) is 9.72 Å². The van der Waals surface area contributed by atoms with Crippen molar-refractivity contribution in [2.45, 2.75) is 60.8 Å². The van der Waals surface area contributed by atoms with Crippen molar-refractivity contribution in [1.29, 1.82) is 0 Å². The Balaban J connectivity index is 0.000000118. The summed E-state index contributed by atoms with van der Waals surface area (Å²) in [4.78, 5) is 7.02. The summed E-state index contributed by atoms with van der Waals surface area (Å²) >= 11 is 5.64. The van der Waals surface area contributed by atoms with E-state index in [2.05, 4.69) is 428 Å². The summed E-state index contributed by atoms with van der Waals surface area (Å²) in [5.74, 6) is 0. The maximum absolute atomic E-state index is 2.45. The van der Waals surface area contributed by atoms with Crippen LogP contribution in [0.1, 0.15) is 58.4 Å². The lowest BCUT2D eigenvalue weighted by Crippen LogP contribution is -2.16. The molecule has 111 heavy (non-hydrogen) atoms. The van der Waals surface area contributed by atoms with Gasteiger partial charge in [0.15, 0.2) is 0 Å². The second kappa shape index (κ2) is 29.5. The second-order valence-corrected chi connectivity index (χ2v) is 33.3. The summed E-state index contributed by atoms with van der Waals surface area (Å²) in [5.41, 5.74) is 31.0. The fraction of sp³-hybridized carbons (Fsp3) is 0.0857. The van der Waals surface area contributed by atoms with Crippen LogP contribution < -0.4 is 14.7 Å². The van der Waals surface area contributed by atoms with Crippen LogP contribution in [0.3, 0.4) is 0 Å². The van der Waals surface area contributed by atoms with Crippen molar-refractivity contribution in [1.82, 2.24) is 0 Å². The number of benzene rings is 16. The van der Waals surface area contributed by atoms with Crippen LogP contribution in [0.4, 0.5) is 51.2 Å². The molecule has 0 N–H and O–H groups in total. The van der Waals surface area contributed by atoms with Gasteiger partial charge in [-0.1, -0.05) is 260 Å². The van der Waals surface area contributed by atoms with E-state index in [9.17, 15) is 0 Å². The van der Waals surface area contributed by atoms with Gasteiger partial charge in [-0.25, -0.2) is 0 Å². The minimum atomic E-state index is -0.128. The molecule has 16 aromatic carbocycles. The zero-order valence-corrected chi connectivity index (χ0v) is 66.1. The van der Waals surface area contributed by atoms with Crippen molar-refractivity contribution < 1.29 is 0 Å². The Morgan fingerprint density at radius 3 is 0.901 bits per heavy atom. The maximum atomic E-state index is 2.45. The summed E-state index contributed by atoms with van der Waals surface area (Å²) in [7, 11) is 0. The van der Waals surface area contributed by atoms with Gasteiger partial charge in [0.05, 0.1) is 0 Å². The van der Waals surface area contributed by atoms with Gasteiger partial charge in [0.2, 0.25) is 0 Å². The van der Waals surface area contributed by atoms with Gasteiger partial charge in [-0.05, 0) is 243 Å². The summed E-state index contributed by atoms with van der Waals surface area (Å²) in [6.07, 6.45) is 0. The van der Waals surface area contributed by atoms with Crippen LogP contribution >= 0.6 is 34.0 Å². The molecule has 3 nitrogen and oxygen atoms in total. The Morgan fingerprint density at radius 1 is 0.198 bits per heavy atom. The molecule has 6 heteroatoms. The standard InChI is InChI=1S/C41H33NS.2C32H25NS/c1-26-12-17-29(18-13-26)42(30-19-14-27(2)15-20-30)31-21-23-34-33-22-16-28(24-37(33)41(3,4)38(34)25-31)32-9-7-10-36-35-8-5-6-11-39(35)43-40(32)36;1-22-10-16-25(17-11-22)33(26-18-12-23(2)13-19-26)27-20-14-24(15-21-27)28-7-5-8-30-29-6-3-4-9-31(29)34-32(28)30;1-22-7-14-26(15-8-22)33(27-16-9-23(2)10-17-27)28-18-11-24(12-19-28)25-13-20-32-30(21-25)29-5-3-4-6-31(29)34-32/h5-25H,1-4H3;2*3-21H,1-2H3. The summed E-state index contributed by atoms with van der Waals surface area (Å²) in [5, 5.41) is 8.04. The minimum Gasteiger partial charge on any atom is -0.311 e. The molecule has 0 atom stereocenters. The Kier molecular flexibility index (Phi) is 18.7. The lowest BCUT2D eigenvalue weighted by atomic mass is 9.81. The Bertz CT molecular complexity index is 6480. The molecule has 0 spiro atoms. The van der Waals surface area contributed by atoms with Crippen LogP contribution in [0.5, 0.6) is 0 Å². The predicted octanol–water partition coefficient (Wildman–Crippen LogP) is 31.7. The van der Waals surface area contributed by atoms with Crippen LogP contribution in [0.25, 0.3) is 105 Å². The summed E-state index contributed by atoms with van der Waals surface area (Å²) in [6.45, 7) is 17.6. The Morgan fingerprint density at radius 2 is 0.486 bits per heavy atom. The minimum absolute atomic E-state index is 0.128. The van der Waals surface area contributed by atoms with E-state index in [0.717, 1.165) is 34.1 Å². The monoisotopic (exact) mass is 1480 g/mol. The van der Waals surface area contributed by atoms with E-state index in [0.29, 0.717) is 0 Å². The quantitative estimate of drug-likeness (QED) is 0.121. The third kappa shape index (κ3) is 13.6. The zero-order chi connectivity index (χ0) is 75.4. The third-order valence-electron chi connectivity index (χ3n) is 22.1. The zero-order valence-electron chi connectivity index (χ0n) is 63.6. The number of anilines is 9. The second-order valence-electron chi connectivity index (χ2n) is 30.1. The van der Waals surface area contributed by atoms with Crippen LogP contribution in [0, 0.1) is 41.5 Å². The molecule has 1 aliphatic carbocycles. The van der Waals surface area contributed by atoms with Gasteiger partial charge in [0.1, 0.15) is 0 Å². The SMILES string of the molecule is Cc1ccc(N(c2ccc(C)cc2)c2ccc(-c3ccc4sc5ccccc5c4c3)cc2)cc1.Cc1ccc(N(c2ccc(C)cc2)c2ccc(-c3cccc4c3sc3ccccc34)cc2)cc1.Cc1ccc(N(c2ccc(C)cc2)c2ccc3c(c2)C(C)(C)c2cc(-c4cccc5c4sc4ccccc45)ccc2-3)cc1. The van der Waals surface area contributed by atoms with Gasteiger partial charge in [-0.2, -0.15) is 0 Å². The van der Waals surface area contributed by atoms with Crippen molar-refractivity contribution in [3.05, 3.63) is 402 Å². The van der Waals surface area contributed by atoms with Gasteiger partial charge in [0, 0.05) is 117 Å². The van der Waals surface area contributed by atoms with Gasteiger partial charge >= 0.3 is 0 Å². The lowest BCUT2D eigenvalue weighted by molar-refractivity contribution is 0.660. The first kappa shape index (κ1) is 70.3. The van der Waals surface area contributed by atoms with Crippen molar-refractivity contribution in [3.63, 3.8) is 0 Å². The number of nitrogens with zero attached hydrogens (tertiary/aromatic N) is 3. The number of hydrogen-bond acceptors (Lipinski definition) is 6. The molecule has 19 aromatic rings. The predicted molar refractivity (Wildman–Crippen MR) is 484 cm³/mol. The number of rotatable bonds is 12. The molecular weight excluding hydrogens is 1400 g/mol. The molecule has 0 saturated carbocycles. The molecule has 0 radical (unpaired) electrons. The van der Waals surface area contributed by atoms with E-state index in [1.807, 2.05) is 34.0 Å². The van der Waals surface area contributed by atoms with E-state index in [4.69, 9.17) is 0 Å². The van der Waals surface area contributed by atoms with E-state index in [-0.39, 0.29) is 5.41 Å². The van der Waals surface area contributed by atoms with Gasteiger partial charge in [0.25, 0.3) is 0 Å². The molecule has 0 bridgehead atoms. The molecule has 0 fully saturated rings. The highest BCUT2D eigenvalue weighted by atomic mass is 32.1. The first-order valence-electron chi connectivity index (χ1n) is 38.2. The Hall–Kier alpha value is -12.4.